The Hall–Kier alpha value is -2.21. The molecule has 0 saturated heterocycles. The number of sulfonamides is 1. The second-order valence-corrected chi connectivity index (χ2v) is 11.7. The smallest absolute Gasteiger partial charge is 0.354 e. The van der Waals surface area contributed by atoms with Gasteiger partial charge in [-0.1, -0.05) is 54.2 Å². The molecule has 0 radical (unpaired) electrons. The second-order valence-electron chi connectivity index (χ2n) is 8.52. The van der Waals surface area contributed by atoms with E-state index in [-0.39, 0.29) is 21.6 Å². The number of rotatable bonds is 11. The summed E-state index contributed by atoms with van der Waals surface area (Å²) in [7, 11) is -4.29. The minimum absolute atomic E-state index is 0.161. The van der Waals surface area contributed by atoms with E-state index in [4.69, 9.17) is 34.8 Å². The van der Waals surface area contributed by atoms with Gasteiger partial charge in [-0.25, -0.2) is 8.42 Å². The molecule has 14 heteroatoms. The van der Waals surface area contributed by atoms with Gasteiger partial charge < -0.3 is 10.2 Å². The van der Waals surface area contributed by atoms with Gasteiger partial charge in [-0.15, -0.1) is 0 Å². The van der Waals surface area contributed by atoms with Crippen molar-refractivity contribution in [3.63, 3.8) is 0 Å². The van der Waals surface area contributed by atoms with E-state index in [1.54, 1.807) is 6.07 Å². The molecule has 1 atom stereocenters. The number of hydrogen-bond donors (Lipinski definition) is 1. The normalized spacial score (nSPS) is 12.7. The van der Waals surface area contributed by atoms with Crippen molar-refractivity contribution in [2.24, 2.45) is 0 Å². The van der Waals surface area contributed by atoms with Crippen molar-refractivity contribution in [3.8, 4) is 0 Å². The molecule has 2 aromatic carbocycles. The van der Waals surface area contributed by atoms with Gasteiger partial charge in [0.15, 0.2) is 0 Å². The molecule has 0 bridgehead atoms. The topological polar surface area (TPSA) is 86.8 Å². The fourth-order valence-corrected chi connectivity index (χ4v) is 4.87. The van der Waals surface area contributed by atoms with Crippen molar-refractivity contribution in [2.75, 3.05) is 23.7 Å². The molecule has 210 valence electrons. The first-order valence-corrected chi connectivity index (χ1v) is 14.4. The Labute approximate surface area is 234 Å². The van der Waals surface area contributed by atoms with E-state index in [9.17, 15) is 31.2 Å². The van der Waals surface area contributed by atoms with Crippen molar-refractivity contribution in [3.05, 3.63) is 62.6 Å². The molecule has 0 spiro atoms. The van der Waals surface area contributed by atoms with E-state index in [1.165, 1.54) is 19.1 Å². The zero-order valence-electron chi connectivity index (χ0n) is 20.8. The third-order valence-corrected chi connectivity index (χ3v) is 7.74. The first-order chi connectivity index (χ1) is 17.6. The Morgan fingerprint density at radius 2 is 1.66 bits per heavy atom. The number of nitrogens with one attached hydrogen (secondary N) is 1. The molecule has 0 aliphatic heterocycles. The van der Waals surface area contributed by atoms with Crippen LogP contribution in [-0.4, -0.2) is 50.5 Å². The zero-order chi connectivity index (χ0) is 28.8. The highest BCUT2D eigenvalue weighted by Gasteiger charge is 2.34. The Bertz CT molecular complexity index is 1280. The maximum absolute atomic E-state index is 13.5. The third-order valence-electron chi connectivity index (χ3n) is 5.56. The van der Waals surface area contributed by atoms with Crippen LogP contribution in [0.5, 0.6) is 0 Å². The van der Waals surface area contributed by atoms with Gasteiger partial charge in [0, 0.05) is 13.1 Å². The summed E-state index contributed by atoms with van der Waals surface area (Å²) in [5.74, 6) is -1.34. The molecule has 0 heterocycles. The van der Waals surface area contributed by atoms with Gasteiger partial charge in [0.2, 0.25) is 21.8 Å². The van der Waals surface area contributed by atoms with Crippen LogP contribution < -0.4 is 9.62 Å². The van der Waals surface area contributed by atoms with Crippen molar-refractivity contribution in [1.29, 1.82) is 0 Å². The van der Waals surface area contributed by atoms with Gasteiger partial charge in [-0.05, 0) is 49.2 Å². The minimum Gasteiger partial charge on any atom is -0.354 e. The first-order valence-electron chi connectivity index (χ1n) is 11.4. The summed E-state index contributed by atoms with van der Waals surface area (Å²) >= 11 is 18.1. The Morgan fingerprint density at radius 3 is 2.21 bits per heavy atom. The summed E-state index contributed by atoms with van der Waals surface area (Å²) in [5.41, 5.74) is -1.18. The molecular weight excluding hydrogens is 590 g/mol. The van der Waals surface area contributed by atoms with Gasteiger partial charge in [-0.3, -0.25) is 13.9 Å². The lowest BCUT2D eigenvalue weighted by molar-refractivity contribution is -0.139. The predicted molar refractivity (Wildman–Crippen MR) is 143 cm³/mol. The van der Waals surface area contributed by atoms with E-state index < -0.39 is 51.9 Å². The number of benzene rings is 2. The van der Waals surface area contributed by atoms with Crippen molar-refractivity contribution < 1.29 is 31.2 Å². The molecule has 0 saturated carbocycles. The molecule has 38 heavy (non-hydrogen) atoms. The molecule has 0 fully saturated rings. The predicted octanol–water partition coefficient (Wildman–Crippen LogP) is 5.77. The van der Waals surface area contributed by atoms with Crippen LogP contribution in [0.25, 0.3) is 0 Å². The molecule has 2 aromatic rings. The lowest BCUT2D eigenvalue weighted by atomic mass is 10.1. The molecule has 7 nitrogen and oxygen atoms in total. The number of hydrogen-bond acceptors (Lipinski definition) is 4. The number of carbonyl (C=O) groups is 2. The van der Waals surface area contributed by atoms with Crippen LogP contribution in [0.15, 0.2) is 36.4 Å². The molecule has 2 amide bonds. The van der Waals surface area contributed by atoms with E-state index in [0.717, 1.165) is 23.6 Å². The summed E-state index contributed by atoms with van der Waals surface area (Å²) in [6, 6.07) is 5.66. The van der Waals surface area contributed by atoms with Crippen molar-refractivity contribution >= 4 is 62.3 Å². The first kappa shape index (κ1) is 32.0. The number of anilines is 1. The molecular formula is C24H27Cl3F3N3O4S. The summed E-state index contributed by atoms with van der Waals surface area (Å²) in [4.78, 5) is 27.4. The van der Waals surface area contributed by atoms with Crippen molar-refractivity contribution in [1.82, 2.24) is 10.2 Å². The fraction of sp³-hybridized carbons (Fsp3) is 0.417. The highest BCUT2D eigenvalue weighted by Crippen LogP contribution is 2.36. The number of carbonyl (C=O) groups excluding carboxylic acids is 2. The largest absolute Gasteiger partial charge is 0.416 e. The number of unbranched alkanes of at least 4 members (excludes halogenated alkanes) is 1. The Balaban J connectivity index is 2.48. The summed E-state index contributed by atoms with van der Waals surface area (Å²) in [6.45, 7) is 2.69. The Morgan fingerprint density at radius 1 is 1.03 bits per heavy atom. The van der Waals surface area contributed by atoms with Crippen LogP contribution in [0.2, 0.25) is 15.1 Å². The van der Waals surface area contributed by atoms with Gasteiger partial charge >= 0.3 is 6.18 Å². The minimum atomic E-state index is -4.78. The SMILES string of the molecule is CCCCNC(=O)C(C)N(Cc1ccc(Cl)c(Cl)c1)C(=O)CN(c1cc(C(F)(F)F)ccc1Cl)S(C)(=O)=O. The van der Waals surface area contributed by atoms with E-state index in [1.807, 2.05) is 6.92 Å². The molecule has 0 aliphatic carbocycles. The van der Waals surface area contributed by atoms with Gasteiger partial charge in [0.25, 0.3) is 0 Å². The molecule has 0 aromatic heterocycles. The van der Waals surface area contributed by atoms with Crippen LogP contribution >= 0.6 is 34.8 Å². The van der Waals surface area contributed by atoms with Crippen LogP contribution in [-0.2, 0) is 32.3 Å². The molecule has 2 rings (SSSR count). The quantitative estimate of drug-likeness (QED) is 0.325. The highest BCUT2D eigenvalue weighted by molar-refractivity contribution is 7.92. The lowest BCUT2D eigenvalue weighted by Gasteiger charge is -2.32. The van der Waals surface area contributed by atoms with Gasteiger partial charge in [0.05, 0.1) is 32.6 Å². The van der Waals surface area contributed by atoms with Crippen LogP contribution in [0.4, 0.5) is 18.9 Å². The summed E-state index contributed by atoms with van der Waals surface area (Å²) in [5, 5.41) is 2.87. The summed E-state index contributed by atoms with van der Waals surface area (Å²) < 4.78 is 65.7. The van der Waals surface area contributed by atoms with E-state index in [2.05, 4.69) is 5.32 Å². The average Bonchev–Trinajstić information content (AvgIpc) is 2.81. The Kier molecular flexibility index (Phi) is 11.1. The van der Waals surface area contributed by atoms with Crippen LogP contribution in [0.3, 0.4) is 0 Å². The standard InChI is InChI=1S/C24H27Cl3F3N3O4S/c1-4-5-10-31-23(35)15(2)32(13-16-6-8-18(25)20(27)11-16)22(34)14-33(38(3,36)37)21-12-17(24(28,29)30)7-9-19(21)26/h6-9,11-12,15H,4-5,10,13-14H2,1-3H3,(H,31,35). The van der Waals surface area contributed by atoms with Crippen LogP contribution in [0.1, 0.15) is 37.8 Å². The molecule has 1 unspecified atom stereocenters. The second kappa shape index (κ2) is 13.2. The number of alkyl halides is 3. The number of nitrogens with zero attached hydrogens (tertiary/aromatic N) is 2. The maximum Gasteiger partial charge on any atom is 0.416 e. The number of amides is 2. The maximum atomic E-state index is 13.5. The number of halogens is 6. The average molecular weight is 617 g/mol. The lowest BCUT2D eigenvalue weighted by Crippen LogP contribution is -2.51. The van der Waals surface area contributed by atoms with Gasteiger partial charge in [-0.2, -0.15) is 13.2 Å². The third kappa shape index (κ3) is 8.65. The fourth-order valence-electron chi connectivity index (χ4n) is 3.43. The van der Waals surface area contributed by atoms with Gasteiger partial charge in [0.1, 0.15) is 12.6 Å². The monoisotopic (exact) mass is 615 g/mol. The van der Waals surface area contributed by atoms with Crippen molar-refractivity contribution in [2.45, 2.75) is 45.5 Å². The summed E-state index contributed by atoms with van der Waals surface area (Å²) in [6.07, 6.45) is -2.52. The highest BCUT2D eigenvalue weighted by atomic mass is 35.5. The van der Waals surface area contributed by atoms with Crippen LogP contribution in [0, 0.1) is 0 Å². The van der Waals surface area contributed by atoms with E-state index >= 15 is 0 Å². The van der Waals surface area contributed by atoms with E-state index in [0.29, 0.717) is 35.0 Å². The molecule has 1 N–H and O–H groups in total. The zero-order valence-corrected chi connectivity index (χ0v) is 23.9. The molecule has 0 aliphatic rings.